The molecule has 7 heteroatoms. The first-order valence-corrected chi connectivity index (χ1v) is 10.4. The number of benzene rings is 2. The van der Waals surface area contributed by atoms with Gasteiger partial charge in [-0.25, -0.2) is 8.42 Å². The van der Waals surface area contributed by atoms with E-state index in [1.54, 1.807) is 19.1 Å². The monoisotopic (exact) mass is 390 g/mol. The van der Waals surface area contributed by atoms with Crippen LogP contribution < -0.4 is 10.1 Å². The van der Waals surface area contributed by atoms with Crippen LogP contribution in [0.3, 0.4) is 0 Å². The Morgan fingerprint density at radius 1 is 1.11 bits per heavy atom. The average molecular weight is 391 g/mol. The molecule has 0 fully saturated rings. The number of rotatable bonds is 9. The first kappa shape index (κ1) is 20.9. The van der Waals surface area contributed by atoms with Crippen molar-refractivity contribution in [3.8, 4) is 5.75 Å². The Kier molecular flexibility index (Phi) is 7.38. The summed E-state index contributed by atoms with van der Waals surface area (Å²) >= 11 is 0. The van der Waals surface area contributed by atoms with Gasteiger partial charge < -0.3 is 10.1 Å². The smallest absolute Gasteiger partial charge is 0.243 e. The van der Waals surface area contributed by atoms with Gasteiger partial charge in [-0.2, -0.15) is 4.31 Å². The number of hydrogen-bond acceptors (Lipinski definition) is 4. The molecule has 0 aliphatic heterocycles. The molecule has 0 bridgehead atoms. The van der Waals surface area contributed by atoms with E-state index in [1.807, 2.05) is 38.1 Å². The molecule has 0 saturated heterocycles. The molecular formula is C20H26N2O4S. The van der Waals surface area contributed by atoms with Crippen LogP contribution in [0.2, 0.25) is 0 Å². The number of sulfonamides is 1. The molecule has 0 heterocycles. The Morgan fingerprint density at radius 3 is 2.41 bits per heavy atom. The summed E-state index contributed by atoms with van der Waals surface area (Å²) in [4.78, 5) is 12.4. The van der Waals surface area contributed by atoms with Crippen LogP contribution in [-0.4, -0.2) is 38.3 Å². The molecule has 2 rings (SSSR count). The summed E-state index contributed by atoms with van der Waals surface area (Å²) in [7, 11) is -3.75. The maximum Gasteiger partial charge on any atom is 0.243 e. The molecule has 0 aromatic heterocycles. The number of likely N-dealkylation sites (N-methyl/N-ethyl adjacent to an activating group) is 1. The van der Waals surface area contributed by atoms with Gasteiger partial charge in [-0.05, 0) is 43.7 Å². The Bertz CT molecular complexity index is 864. The lowest BCUT2D eigenvalue weighted by molar-refractivity contribution is -0.121. The molecule has 0 atom stereocenters. The number of carbonyl (C=O) groups is 1. The van der Waals surface area contributed by atoms with Crippen LogP contribution in [0.4, 0.5) is 0 Å². The molecule has 0 unspecified atom stereocenters. The van der Waals surface area contributed by atoms with Crippen molar-refractivity contribution in [2.75, 3.05) is 19.7 Å². The van der Waals surface area contributed by atoms with Crippen LogP contribution in [0, 0.1) is 6.92 Å². The minimum atomic E-state index is -3.75. The van der Waals surface area contributed by atoms with E-state index < -0.39 is 10.0 Å². The number of hydrogen-bond donors (Lipinski definition) is 1. The van der Waals surface area contributed by atoms with Gasteiger partial charge in [-0.15, -0.1) is 0 Å². The van der Waals surface area contributed by atoms with Crippen molar-refractivity contribution >= 4 is 15.9 Å². The minimum absolute atomic E-state index is 0.138. The van der Waals surface area contributed by atoms with Gasteiger partial charge in [-0.1, -0.05) is 36.8 Å². The molecule has 0 aliphatic carbocycles. The molecule has 2 aromatic carbocycles. The standard InChI is InChI=1S/C20H26N2O4S/c1-4-22(15-20(23)21-14-17-8-6-7-16(3)13-17)27(24,25)19-11-9-18(10-12-19)26-5-2/h6-13H,4-5,14-15H2,1-3H3,(H,21,23). The fourth-order valence-corrected chi connectivity index (χ4v) is 4.03. The van der Waals surface area contributed by atoms with Gasteiger partial charge in [0, 0.05) is 13.1 Å². The topological polar surface area (TPSA) is 75.7 Å². The predicted octanol–water partition coefficient (Wildman–Crippen LogP) is 2.72. The molecule has 6 nitrogen and oxygen atoms in total. The SMILES string of the molecule is CCOc1ccc(S(=O)(=O)N(CC)CC(=O)NCc2cccc(C)c2)cc1. The highest BCUT2D eigenvalue weighted by Crippen LogP contribution is 2.19. The summed E-state index contributed by atoms with van der Waals surface area (Å²) < 4.78 is 32.1. The Morgan fingerprint density at radius 2 is 1.81 bits per heavy atom. The van der Waals surface area contributed by atoms with Gasteiger partial charge in [0.15, 0.2) is 0 Å². The number of aryl methyl sites for hydroxylation is 1. The number of carbonyl (C=O) groups excluding carboxylic acids is 1. The first-order chi connectivity index (χ1) is 12.9. The van der Waals surface area contributed by atoms with Crippen molar-refractivity contribution in [3.05, 3.63) is 59.7 Å². The molecule has 146 valence electrons. The molecule has 27 heavy (non-hydrogen) atoms. The summed E-state index contributed by atoms with van der Waals surface area (Å²) in [5, 5.41) is 2.78. The molecular weight excluding hydrogens is 364 g/mol. The largest absolute Gasteiger partial charge is 0.494 e. The van der Waals surface area contributed by atoms with Crippen LogP contribution >= 0.6 is 0 Å². The molecule has 0 spiro atoms. The van der Waals surface area contributed by atoms with E-state index >= 15 is 0 Å². The minimum Gasteiger partial charge on any atom is -0.494 e. The zero-order valence-corrected chi connectivity index (χ0v) is 16.8. The molecule has 0 aliphatic rings. The Balaban J connectivity index is 2.02. The predicted molar refractivity (Wildman–Crippen MR) is 105 cm³/mol. The third-order valence-corrected chi connectivity index (χ3v) is 5.95. The molecule has 1 N–H and O–H groups in total. The highest BCUT2D eigenvalue weighted by Gasteiger charge is 2.25. The number of nitrogens with one attached hydrogen (secondary N) is 1. The van der Waals surface area contributed by atoms with Gasteiger partial charge >= 0.3 is 0 Å². The Hall–Kier alpha value is -2.38. The van der Waals surface area contributed by atoms with E-state index in [4.69, 9.17) is 4.74 Å². The zero-order chi connectivity index (χ0) is 19.9. The fourth-order valence-electron chi connectivity index (χ4n) is 2.63. The van der Waals surface area contributed by atoms with Crippen molar-refractivity contribution in [3.63, 3.8) is 0 Å². The van der Waals surface area contributed by atoms with Gasteiger partial charge in [0.05, 0.1) is 18.0 Å². The van der Waals surface area contributed by atoms with Crippen LogP contribution in [-0.2, 0) is 21.4 Å². The van der Waals surface area contributed by atoms with E-state index in [-0.39, 0.29) is 23.9 Å². The second-order valence-corrected chi connectivity index (χ2v) is 8.04. The Labute approximate surface area is 161 Å². The van der Waals surface area contributed by atoms with Crippen molar-refractivity contribution in [1.82, 2.24) is 9.62 Å². The van der Waals surface area contributed by atoms with E-state index in [2.05, 4.69) is 5.32 Å². The maximum absolute atomic E-state index is 12.8. The first-order valence-electron chi connectivity index (χ1n) is 8.92. The van der Waals surface area contributed by atoms with Crippen molar-refractivity contribution < 1.29 is 17.9 Å². The van der Waals surface area contributed by atoms with E-state index in [0.29, 0.717) is 18.9 Å². The zero-order valence-electron chi connectivity index (χ0n) is 15.9. The third kappa shape index (κ3) is 5.80. The molecule has 0 saturated carbocycles. The molecule has 2 aromatic rings. The highest BCUT2D eigenvalue weighted by atomic mass is 32.2. The fraction of sp³-hybridized carbons (Fsp3) is 0.350. The summed E-state index contributed by atoms with van der Waals surface area (Å²) in [6, 6.07) is 14.0. The summed E-state index contributed by atoms with van der Waals surface area (Å²) in [6.07, 6.45) is 0. The normalized spacial score (nSPS) is 11.4. The number of nitrogens with zero attached hydrogens (tertiary/aromatic N) is 1. The van der Waals surface area contributed by atoms with Crippen molar-refractivity contribution in [2.45, 2.75) is 32.2 Å². The summed E-state index contributed by atoms with van der Waals surface area (Å²) in [6.45, 7) is 6.40. The van der Waals surface area contributed by atoms with Crippen molar-refractivity contribution in [2.24, 2.45) is 0 Å². The van der Waals surface area contributed by atoms with Gasteiger partial charge in [0.2, 0.25) is 15.9 Å². The maximum atomic E-state index is 12.8. The van der Waals surface area contributed by atoms with Crippen LogP contribution in [0.25, 0.3) is 0 Å². The molecule has 0 radical (unpaired) electrons. The van der Waals surface area contributed by atoms with Crippen LogP contribution in [0.1, 0.15) is 25.0 Å². The summed E-state index contributed by atoms with van der Waals surface area (Å²) in [5.74, 6) is 0.267. The lowest BCUT2D eigenvalue weighted by atomic mass is 10.1. The quantitative estimate of drug-likeness (QED) is 0.714. The number of ether oxygens (including phenoxy) is 1. The van der Waals surface area contributed by atoms with Crippen LogP contribution in [0.5, 0.6) is 5.75 Å². The third-order valence-electron chi connectivity index (χ3n) is 4.02. The highest BCUT2D eigenvalue weighted by molar-refractivity contribution is 7.89. The second-order valence-electron chi connectivity index (χ2n) is 6.10. The lowest BCUT2D eigenvalue weighted by Gasteiger charge is -2.20. The summed E-state index contributed by atoms with van der Waals surface area (Å²) in [5.41, 5.74) is 2.08. The van der Waals surface area contributed by atoms with E-state index in [1.165, 1.54) is 12.1 Å². The average Bonchev–Trinajstić information content (AvgIpc) is 2.65. The van der Waals surface area contributed by atoms with Gasteiger partial charge in [0.1, 0.15) is 5.75 Å². The van der Waals surface area contributed by atoms with E-state index in [0.717, 1.165) is 15.4 Å². The van der Waals surface area contributed by atoms with Crippen molar-refractivity contribution in [1.29, 1.82) is 0 Å². The van der Waals surface area contributed by atoms with Gasteiger partial charge in [-0.3, -0.25) is 4.79 Å². The van der Waals surface area contributed by atoms with Gasteiger partial charge in [0.25, 0.3) is 0 Å². The molecule has 1 amide bonds. The van der Waals surface area contributed by atoms with Crippen LogP contribution in [0.15, 0.2) is 53.4 Å². The second kappa shape index (κ2) is 9.53. The van der Waals surface area contributed by atoms with E-state index in [9.17, 15) is 13.2 Å². The number of amides is 1. The lowest BCUT2D eigenvalue weighted by Crippen LogP contribution is -2.40.